The van der Waals surface area contributed by atoms with Crippen molar-refractivity contribution in [1.29, 1.82) is 0 Å². The van der Waals surface area contributed by atoms with E-state index in [-0.39, 0.29) is 11.7 Å². The Morgan fingerprint density at radius 2 is 1.79 bits per heavy atom. The highest BCUT2D eigenvalue weighted by Crippen LogP contribution is 2.21. The highest BCUT2D eigenvalue weighted by atomic mass is 16.6. The van der Waals surface area contributed by atoms with Crippen LogP contribution < -0.4 is 0 Å². The predicted octanol–water partition coefficient (Wildman–Crippen LogP) is 3.45. The van der Waals surface area contributed by atoms with Gasteiger partial charge in [0.25, 0.3) is 0 Å². The van der Waals surface area contributed by atoms with Gasteiger partial charge in [-0.2, -0.15) is 0 Å². The van der Waals surface area contributed by atoms with E-state index in [1.54, 1.807) is 0 Å². The lowest BCUT2D eigenvalue weighted by atomic mass is 9.99. The van der Waals surface area contributed by atoms with E-state index in [4.69, 9.17) is 9.47 Å². The second-order valence-corrected chi connectivity index (χ2v) is 7.36. The Kier molecular flexibility index (Phi) is 5.25. The zero-order chi connectivity index (χ0) is 14.7. The van der Waals surface area contributed by atoms with Crippen molar-refractivity contribution >= 4 is 6.09 Å². The molecule has 112 valence electrons. The van der Waals surface area contributed by atoms with E-state index in [0.717, 1.165) is 25.9 Å². The van der Waals surface area contributed by atoms with Crippen LogP contribution in [-0.4, -0.2) is 41.9 Å². The first-order chi connectivity index (χ1) is 8.57. The summed E-state index contributed by atoms with van der Waals surface area (Å²) < 4.78 is 11.2. The molecular formula is C15H29NO3. The summed E-state index contributed by atoms with van der Waals surface area (Å²) in [6.07, 6.45) is 1.94. The Bertz CT molecular complexity index is 301. The van der Waals surface area contributed by atoms with Crippen molar-refractivity contribution in [3.63, 3.8) is 0 Å². The molecule has 4 nitrogen and oxygen atoms in total. The van der Waals surface area contributed by atoms with Crippen LogP contribution in [0, 0.1) is 5.92 Å². The van der Waals surface area contributed by atoms with E-state index in [2.05, 4.69) is 20.8 Å². The maximum Gasteiger partial charge on any atom is 0.410 e. The smallest absolute Gasteiger partial charge is 0.410 e. The van der Waals surface area contributed by atoms with Gasteiger partial charge in [0.2, 0.25) is 0 Å². The summed E-state index contributed by atoms with van der Waals surface area (Å²) in [5.41, 5.74) is -0.542. The number of piperidine rings is 1. The minimum atomic E-state index is -0.425. The maximum atomic E-state index is 12.0. The van der Waals surface area contributed by atoms with Crippen LogP contribution in [0.4, 0.5) is 4.79 Å². The fourth-order valence-electron chi connectivity index (χ4n) is 2.06. The minimum absolute atomic E-state index is 0.117. The molecule has 0 N–H and O–H groups in total. The Balaban J connectivity index is 2.44. The summed E-state index contributed by atoms with van der Waals surface area (Å²) in [6, 6.07) is 0. The molecule has 0 aliphatic carbocycles. The topological polar surface area (TPSA) is 38.8 Å². The Morgan fingerprint density at radius 3 is 2.32 bits per heavy atom. The van der Waals surface area contributed by atoms with Gasteiger partial charge in [-0.15, -0.1) is 0 Å². The van der Waals surface area contributed by atoms with Crippen LogP contribution >= 0.6 is 0 Å². The molecule has 1 rings (SSSR count). The molecule has 19 heavy (non-hydrogen) atoms. The van der Waals surface area contributed by atoms with Crippen LogP contribution in [0.15, 0.2) is 0 Å². The van der Waals surface area contributed by atoms with Crippen molar-refractivity contribution in [2.75, 3.05) is 19.7 Å². The van der Waals surface area contributed by atoms with Crippen LogP contribution in [0.2, 0.25) is 0 Å². The van der Waals surface area contributed by atoms with E-state index < -0.39 is 5.60 Å². The number of amides is 1. The van der Waals surface area contributed by atoms with Gasteiger partial charge in [-0.25, -0.2) is 4.79 Å². The van der Waals surface area contributed by atoms with Gasteiger partial charge in [-0.05, 0) is 54.4 Å². The molecule has 1 atom stereocenters. The SMILES string of the molecule is CC(C)(C)OCC1CCCN(C(=O)OC(C)(C)C)C1. The normalized spacial score (nSPS) is 21.4. The summed E-state index contributed by atoms with van der Waals surface area (Å²) >= 11 is 0. The van der Waals surface area contributed by atoms with Gasteiger partial charge in [-0.1, -0.05) is 0 Å². The van der Waals surface area contributed by atoms with Crippen molar-refractivity contribution in [2.24, 2.45) is 5.92 Å². The molecule has 0 radical (unpaired) electrons. The largest absolute Gasteiger partial charge is 0.444 e. The van der Waals surface area contributed by atoms with Crippen LogP contribution in [0.25, 0.3) is 0 Å². The Morgan fingerprint density at radius 1 is 1.16 bits per heavy atom. The molecule has 0 aromatic rings. The molecular weight excluding hydrogens is 242 g/mol. The van der Waals surface area contributed by atoms with Crippen LogP contribution in [0.5, 0.6) is 0 Å². The lowest BCUT2D eigenvalue weighted by molar-refractivity contribution is -0.0378. The minimum Gasteiger partial charge on any atom is -0.444 e. The first kappa shape index (κ1) is 16.3. The van der Waals surface area contributed by atoms with Crippen LogP contribution in [0.3, 0.4) is 0 Å². The van der Waals surface area contributed by atoms with E-state index in [0.29, 0.717) is 12.5 Å². The van der Waals surface area contributed by atoms with Crippen molar-refractivity contribution in [3.05, 3.63) is 0 Å². The molecule has 1 aliphatic heterocycles. The van der Waals surface area contributed by atoms with E-state index in [1.165, 1.54) is 0 Å². The molecule has 1 unspecified atom stereocenters. The van der Waals surface area contributed by atoms with Crippen LogP contribution in [0.1, 0.15) is 54.4 Å². The number of ether oxygens (including phenoxy) is 2. The third-order valence-electron chi connectivity index (χ3n) is 2.92. The van der Waals surface area contributed by atoms with Gasteiger partial charge in [0.15, 0.2) is 0 Å². The van der Waals surface area contributed by atoms with Gasteiger partial charge in [-0.3, -0.25) is 0 Å². The predicted molar refractivity (Wildman–Crippen MR) is 76.2 cm³/mol. The molecule has 0 aromatic heterocycles. The van der Waals surface area contributed by atoms with Crippen LogP contribution in [-0.2, 0) is 9.47 Å². The van der Waals surface area contributed by atoms with Crippen molar-refractivity contribution < 1.29 is 14.3 Å². The standard InChI is InChI=1S/C15H29NO3/c1-14(2,3)18-11-12-8-7-9-16(10-12)13(17)19-15(4,5)6/h12H,7-11H2,1-6H3. The maximum absolute atomic E-state index is 12.0. The number of carbonyl (C=O) groups is 1. The van der Waals surface area contributed by atoms with Gasteiger partial charge < -0.3 is 14.4 Å². The molecule has 1 aliphatic rings. The number of nitrogens with zero attached hydrogens (tertiary/aromatic N) is 1. The first-order valence-electron chi connectivity index (χ1n) is 7.19. The quantitative estimate of drug-likeness (QED) is 0.772. The van der Waals surface area contributed by atoms with Gasteiger partial charge in [0, 0.05) is 19.0 Å². The number of carbonyl (C=O) groups excluding carboxylic acids is 1. The molecule has 1 amide bonds. The second-order valence-electron chi connectivity index (χ2n) is 7.36. The lowest BCUT2D eigenvalue weighted by Crippen LogP contribution is -2.44. The third-order valence-corrected chi connectivity index (χ3v) is 2.92. The lowest BCUT2D eigenvalue weighted by Gasteiger charge is -2.35. The molecule has 0 spiro atoms. The molecule has 0 saturated carbocycles. The summed E-state index contributed by atoms with van der Waals surface area (Å²) in [5.74, 6) is 0.417. The van der Waals surface area contributed by atoms with E-state index in [9.17, 15) is 4.79 Å². The van der Waals surface area contributed by atoms with Gasteiger partial charge in [0.1, 0.15) is 5.60 Å². The fourth-order valence-corrected chi connectivity index (χ4v) is 2.06. The van der Waals surface area contributed by atoms with E-state index in [1.807, 2.05) is 25.7 Å². The van der Waals surface area contributed by atoms with Crippen molar-refractivity contribution in [3.8, 4) is 0 Å². The summed E-state index contributed by atoms with van der Waals surface area (Å²) in [7, 11) is 0. The molecule has 1 heterocycles. The number of hydrogen-bond acceptors (Lipinski definition) is 3. The van der Waals surface area contributed by atoms with Crippen molar-refractivity contribution in [2.45, 2.75) is 65.6 Å². The number of rotatable bonds is 2. The zero-order valence-corrected chi connectivity index (χ0v) is 13.3. The third kappa shape index (κ3) is 6.81. The molecule has 0 aromatic carbocycles. The summed E-state index contributed by atoms with van der Waals surface area (Å²) in [6.45, 7) is 14.1. The zero-order valence-electron chi connectivity index (χ0n) is 13.3. The van der Waals surface area contributed by atoms with Crippen molar-refractivity contribution in [1.82, 2.24) is 4.90 Å². The average Bonchev–Trinajstić information content (AvgIpc) is 2.23. The molecule has 1 saturated heterocycles. The molecule has 1 fully saturated rings. The number of hydrogen-bond donors (Lipinski definition) is 0. The fraction of sp³-hybridized carbons (Fsp3) is 0.933. The second kappa shape index (κ2) is 6.12. The summed E-state index contributed by atoms with van der Waals surface area (Å²) in [5, 5.41) is 0. The first-order valence-corrected chi connectivity index (χ1v) is 7.19. The Labute approximate surface area is 117 Å². The average molecular weight is 271 g/mol. The molecule has 4 heteroatoms. The summed E-state index contributed by atoms with van der Waals surface area (Å²) in [4.78, 5) is 13.8. The highest BCUT2D eigenvalue weighted by molar-refractivity contribution is 5.68. The highest BCUT2D eigenvalue weighted by Gasteiger charge is 2.28. The number of likely N-dealkylation sites (tertiary alicyclic amines) is 1. The van der Waals surface area contributed by atoms with Gasteiger partial charge >= 0.3 is 6.09 Å². The van der Waals surface area contributed by atoms with E-state index >= 15 is 0 Å². The Hall–Kier alpha value is -0.770. The van der Waals surface area contributed by atoms with Gasteiger partial charge in [0.05, 0.1) is 12.2 Å². The molecule has 0 bridgehead atoms. The monoisotopic (exact) mass is 271 g/mol.